The molecule has 0 unspecified atom stereocenters. The first-order valence-electron chi connectivity index (χ1n) is 9.76. The fraction of sp³-hybridized carbons (Fsp3) is 0.130. The summed E-state index contributed by atoms with van der Waals surface area (Å²) >= 11 is 0. The minimum Gasteiger partial charge on any atom is -0.497 e. The first kappa shape index (κ1) is 23.6. The number of ether oxygens (including phenoxy) is 2. The molecule has 33 heavy (non-hydrogen) atoms. The van der Waals surface area contributed by atoms with Gasteiger partial charge >= 0.3 is 0 Å². The van der Waals surface area contributed by atoms with Crippen LogP contribution in [0.5, 0.6) is 11.5 Å². The number of amides is 2. The number of anilines is 3. The van der Waals surface area contributed by atoms with Crippen molar-refractivity contribution >= 4 is 38.9 Å². The van der Waals surface area contributed by atoms with Gasteiger partial charge in [-0.15, -0.1) is 0 Å². The molecule has 0 aliphatic rings. The van der Waals surface area contributed by atoms with E-state index in [1.165, 1.54) is 51.5 Å². The van der Waals surface area contributed by atoms with Crippen molar-refractivity contribution in [3.8, 4) is 11.5 Å². The summed E-state index contributed by atoms with van der Waals surface area (Å²) in [5.41, 5.74) is 0.958. The van der Waals surface area contributed by atoms with E-state index < -0.39 is 15.9 Å². The van der Waals surface area contributed by atoms with Crippen molar-refractivity contribution in [1.29, 1.82) is 0 Å². The first-order chi connectivity index (χ1) is 15.7. The summed E-state index contributed by atoms with van der Waals surface area (Å²) < 4.78 is 38.8. The van der Waals surface area contributed by atoms with Crippen molar-refractivity contribution in [2.45, 2.75) is 11.8 Å². The molecule has 3 rings (SSSR count). The summed E-state index contributed by atoms with van der Waals surface area (Å²) in [5.74, 6) is 0.0752. The van der Waals surface area contributed by atoms with Gasteiger partial charge < -0.3 is 20.1 Å². The lowest BCUT2D eigenvalue weighted by molar-refractivity contribution is -0.114. The number of carbonyl (C=O) groups excluding carboxylic acids is 2. The zero-order chi connectivity index (χ0) is 24.0. The molecular weight excluding hydrogens is 446 g/mol. The number of hydrogen-bond acceptors (Lipinski definition) is 6. The molecule has 2 amide bonds. The van der Waals surface area contributed by atoms with E-state index in [9.17, 15) is 18.0 Å². The molecule has 9 nitrogen and oxygen atoms in total. The van der Waals surface area contributed by atoms with E-state index in [-0.39, 0.29) is 27.7 Å². The van der Waals surface area contributed by atoms with E-state index in [2.05, 4.69) is 15.4 Å². The molecule has 0 aromatic heterocycles. The van der Waals surface area contributed by atoms with Crippen LogP contribution in [0.2, 0.25) is 0 Å². The van der Waals surface area contributed by atoms with Crippen molar-refractivity contribution in [2.24, 2.45) is 0 Å². The van der Waals surface area contributed by atoms with E-state index >= 15 is 0 Å². The zero-order valence-corrected chi connectivity index (χ0v) is 19.0. The Morgan fingerprint density at radius 1 is 0.818 bits per heavy atom. The van der Waals surface area contributed by atoms with Gasteiger partial charge in [-0.25, -0.2) is 8.42 Å². The number of methoxy groups -OCH3 is 2. The lowest BCUT2D eigenvalue weighted by Gasteiger charge is -2.15. The summed E-state index contributed by atoms with van der Waals surface area (Å²) in [6.45, 7) is 1.30. The Hall–Kier alpha value is -4.05. The van der Waals surface area contributed by atoms with Crippen LogP contribution >= 0.6 is 0 Å². The van der Waals surface area contributed by atoms with Crippen LogP contribution < -0.4 is 24.8 Å². The number of para-hydroxylation sites is 1. The lowest BCUT2D eigenvalue weighted by atomic mass is 10.1. The van der Waals surface area contributed by atoms with Gasteiger partial charge in [0.15, 0.2) is 0 Å². The smallest absolute Gasteiger partial charge is 0.261 e. The molecule has 3 aromatic carbocycles. The van der Waals surface area contributed by atoms with Gasteiger partial charge in [0.25, 0.3) is 15.9 Å². The summed E-state index contributed by atoms with van der Waals surface area (Å²) in [5, 5.41) is 5.26. The number of rotatable bonds is 8. The van der Waals surface area contributed by atoms with Crippen molar-refractivity contribution in [1.82, 2.24) is 0 Å². The van der Waals surface area contributed by atoms with Crippen molar-refractivity contribution in [3.63, 3.8) is 0 Å². The standard InChI is InChI=1S/C23H23N3O6S/c1-15(27)24-21-14-18(12-13-22(21)32-3)33(29,30)26-20-7-5-4-6-19(20)23(28)25-16-8-10-17(31-2)11-9-16/h4-14,26H,1-3H3,(H,24,27)(H,25,28). The fourth-order valence-electron chi connectivity index (χ4n) is 2.99. The Kier molecular flexibility index (Phi) is 7.19. The molecule has 3 N–H and O–H groups in total. The van der Waals surface area contributed by atoms with E-state index in [0.29, 0.717) is 17.2 Å². The van der Waals surface area contributed by atoms with E-state index in [0.717, 1.165) is 0 Å². The largest absolute Gasteiger partial charge is 0.497 e. The topological polar surface area (TPSA) is 123 Å². The third-order valence-corrected chi connectivity index (χ3v) is 5.92. The first-order valence-corrected chi connectivity index (χ1v) is 11.2. The lowest BCUT2D eigenvalue weighted by Crippen LogP contribution is -2.19. The van der Waals surface area contributed by atoms with Crippen LogP contribution in [0.1, 0.15) is 17.3 Å². The van der Waals surface area contributed by atoms with Crippen molar-refractivity contribution in [2.75, 3.05) is 29.6 Å². The highest BCUT2D eigenvalue weighted by molar-refractivity contribution is 7.92. The molecule has 0 bridgehead atoms. The monoisotopic (exact) mass is 469 g/mol. The molecule has 0 heterocycles. The maximum Gasteiger partial charge on any atom is 0.261 e. The predicted octanol–water partition coefficient (Wildman–Crippen LogP) is 3.72. The van der Waals surface area contributed by atoms with Crippen LogP contribution in [-0.2, 0) is 14.8 Å². The SMILES string of the molecule is COc1ccc(NC(=O)c2ccccc2NS(=O)(=O)c2ccc(OC)c(NC(C)=O)c2)cc1. The highest BCUT2D eigenvalue weighted by atomic mass is 32.2. The zero-order valence-electron chi connectivity index (χ0n) is 18.2. The van der Waals surface area contributed by atoms with E-state index in [1.54, 1.807) is 36.4 Å². The average Bonchev–Trinajstić information content (AvgIpc) is 2.79. The summed E-state index contributed by atoms with van der Waals surface area (Å²) in [7, 11) is -1.14. The number of benzene rings is 3. The minimum absolute atomic E-state index is 0.0976. The summed E-state index contributed by atoms with van der Waals surface area (Å²) in [6, 6.07) is 17.0. The summed E-state index contributed by atoms with van der Waals surface area (Å²) in [6.07, 6.45) is 0. The normalized spacial score (nSPS) is 10.8. The van der Waals surface area contributed by atoms with Gasteiger partial charge in [-0.05, 0) is 54.6 Å². The molecule has 0 saturated heterocycles. The Bertz CT molecular complexity index is 1270. The van der Waals surface area contributed by atoms with Crippen molar-refractivity contribution < 1.29 is 27.5 Å². The third kappa shape index (κ3) is 5.80. The van der Waals surface area contributed by atoms with Crippen LogP contribution in [0.15, 0.2) is 71.6 Å². The number of sulfonamides is 1. The molecule has 172 valence electrons. The van der Waals surface area contributed by atoms with Crippen LogP contribution in [0.4, 0.5) is 17.1 Å². The molecule has 0 fully saturated rings. The second-order valence-electron chi connectivity index (χ2n) is 6.88. The molecule has 0 radical (unpaired) electrons. The third-order valence-electron chi connectivity index (χ3n) is 4.56. The number of hydrogen-bond donors (Lipinski definition) is 3. The minimum atomic E-state index is -4.09. The molecule has 0 aliphatic carbocycles. The van der Waals surface area contributed by atoms with Gasteiger partial charge in [0.2, 0.25) is 5.91 Å². The van der Waals surface area contributed by atoms with Crippen LogP contribution in [-0.4, -0.2) is 34.5 Å². The fourth-order valence-corrected chi connectivity index (χ4v) is 4.09. The predicted molar refractivity (Wildman–Crippen MR) is 125 cm³/mol. The molecule has 3 aromatic rings. The van der Waals surface area contributed by atoms with Gasteiger partial charge in [-0.3, -0.25) is 14.3 Å². The number of carbonyl (C=O) groups is 2. The second-order valence-corrected chi connectivity index (χ2v) is 8.56. The Morgan fingerprint density at radius 2 is 1.52 bits per heavy atom. The maximum absolute atomic E-state index is 13.0. The highest BCUT2D eigenvalue weighted by Gasteiger charge is 2.20. The van der Waals surface area contributed by atoms with Crippen LogP contribution in [0.25, 0.3) is 0 Å². The van der Waals surface area contributed by atoms with Gasteiger partial charge in [0, 0.05) is 12.6 Å². The highest BCUT2D eigenvalue weighted by Crippen LogP contribution is 2.29. The van der Waals surface area contributed by atoms with Gasteiger partial charge in [-0.2, -0.15) is 0 Å². The second kappa shape index (κ2) is 10.0. The van der Waals surface area contributed by atoms with Gasteiger partial charge in [0.05, 0.1) is 36.1 Å². The Balaban J connectivity index is 1.87. The van der Waals surface area contributed by atoms with E-state index in [1.807, 2.05) is 0 Å². The quantitative estimate of drug-likeness (QED) is 0.462. The van der Waals surface area contributed by atoms with Crippen LogP contribution in [0, 0.1) is 0 Å². The Labute approximate surface area is 191 Å². The molecule has 0 atom stereocenters. The maximum atomic E-state index is 13.0. The molecule has 0 spiro atoms. The van der Waals surface area contributed by atoms with Gasteiger partial charge in [-0.1, -0.05) is 12.1 Å². The van der Waals surface area contributed by atoms with Gasteiger partial charge in [0.1, 0.15) is 11.5 Å². The molecular formula is C23H23N3O6S. The van der Waals surface area contributed by atoms with Crippen LogP contribution in [0.3, 0.4) is 0 Å². The number of nitrogens with one attached hydrogen (secondary N) is 3. The molecule has 0 saturated carbocycles. The average molecular weight is 470 g/mol. The van der Waals surface area contributed by atoms with E-state index in [4.69, 9.17) is 9.47 Å². The van der Waals surface area contributed by atoms with Crippen molar-refractivity contribution in [3.05, 3.63) is 72.3 Å². The molecule has 0 aliphatic heterocycles. The molecule has 10 heteroatoms. The Morgan fingerprint density at radius 3 is 2.15 bits per heavy atom. The summed E-state index contributed by atoms with van der Waals surface area (Å²) in [4.78, 5) is 24.2.